The van der Waals surface area contributed by atoms with Gasteiger partial charge in [0.2, 0.25) is 0 Å². The van der Waals surface area contributed by atoms with Crippen molar-refractivity contribution in [3.8, 4) is 0 Å². The van der Waals surface area contributed by atoms with Crippen LogP contribution in [-0.4, -0.2) is 21.8 Å². The molecule has 0 spiro atoms. The SMILES string of the molecule is O=C1NC(C2CCCCC2)=NN/C1=C(\O)c1ccncc1. The number of aliphatic hydroxyl groups excluding tert-OH is 1. The first-order valence-corrected chi connectivity index (χ1v) is 7.24. The Morgan fingerprint density at radius 1 is 1.19 bits per heavy atom. The number of hydrogen-bond donors (Lipinski definition) is 3. The Labute approximate surface area is 123 Å². The van der Waals surface area contributed by atoms with Crippen LogP contribution < -0.4 is 10.7 Å². The van der Waals surface area contributed by atoms with Gasteiger partial charge in [0.05, 0.1) is 0 Å². The van der Waals surface area contributed by atoms with Crippen LogP contribution in [0.1, 0.15) is 37.7 Å². The third-order valence-electron chi connectivity index (χ3n) is 3.94. The Hall–Kier alpha value is -2.37. The van der Waals surface area contributed by atoms with Crippen molar-refractivity contribution in [1.82, 2.24) is 15.7 Å². The number of rotatable bonds is 2. The van der Waals surface area contributed by atoms with Gasteiger partial charge in [-0.3, -0.25) is 15.2 Å². The molecule has 2 aliphatic rings. The van der Waals surface area contributed by atoms with Crippen molar-refractivity contribution in [3.05, 3.63) is 35.8 Å². The average Bonchev–Trinajstić information content (AvgIpc) is 2.56. The quantitative estimate of drug-likeness (QED) is 0.572. The summed E-state index contributed by atoms with van der Waals surface area (Å²) in [6, 6.07) is 3.27. The predicted octanol–water partition coefficient (Wildman–Crippen LogP) is 1.92. The van der Waals surface area contributed by atoms with E-state index < -0.39 is 0 Å². The molecule has 0 atom stereocenters. The summed E-state index contributed by atoms with van der Waals surface area (Å²) in [4.78, 5) is 16.1. The Kier molecular flexibility index (Phi) is 3.85. The highest BCUT2D eigenvalue weighted by atomic mass is 16.3. The van der Waals surface area contributed by atoms with Crippen LogP contribution in [0.4, 0.5) is 0 Å². The number of pyridine rings is 1. The molecule has 3 rings (SSSR count). The van der Waals surface area contributed by atoms with Gasteiger partial charge in [0.1, 0.15) is 5.84 Å². The van der Waals surface area contributed by atoms with E-state index in [-0.39, 0.29) is 17.4 Å². The van der Waals surface area contributed by atoms with E-state index >= 15 is 0 Å². The molecule has 1 fully saturated rings. The van der Waals surface area contributed by atoms with Crippen molar-refractivity contribution in [3.63, 3.8) is 0 Å². The average molecular weight is 286 g/mol. The lowest BCUT2D eigenvalue weighted by molar-refractivity contribution is -0.116. The molecule has 1 aromatic rings. The fraction of sp³-hybridized carbons (Fsp3) is 0.400. The van der Waals surface area contributed by atoms with E-state index in [4.69, 9.17) is 0 Å². The molecule has 0 saturated heterocycles. The minimum absolute atomic E-state index is 0.0701. The van der Waals surface area contributed by atoms with Crippen LogP contribution in [0.5, 0.6) is 0 Å². The molecule has 1 amide bonds. The number of hydrazone groups is 1. The van der Waals surface area contributed by atoms with Crippen molar-refractivity contribution < 1.29 is 9.90 Å². The molecule has 0 radical (unpaired) electrons. The van der Waals surface area contributed by atoms with Gasteiger partial charge in [-0.25, -0.2) is 0 Å². The maximum atomic E-state index is 12.2. The Balaban J connectivity index is 1.81. The van der Waals surface area contributed by atoms with E-state index in [1.807, 2.05) is 0 Å². The lowest BCUT2D eigenvalue weighted by Crippen LogP contribution is -2.45. The predicted molar refractivity (Wildman–Crippen MR) is 79.1 cm³/mol. The number of nitrogens with one attached hydrogen (secondary N) is 2. The van der Waals surface area contributed by atoms with E-state index in [1.165, 1.54) is 19.3 Å². The van der Waals surface area contributed by atoms with Crippen LogP contribution in [0, 0.1) is 5.92 Å². The number of aromatic nitrogens is 1. The third kappa shape index (κ3) is 2.89. The summed E-state index contributed by atoms with van der Waals surface area (Å²) in [5.41, 5.74) is 3.30. The molecular formula is C15H18N4O2. The van der Waals surface area contributed by atoms with E-state index in [1.54, 1.807) is 24.5 Å². The summed E-state index contributed by atoms with van der Waals surface area (Å²) >= 11 is 0. The zero-order valence-corrected chi connectivity index (χ0v) is 11.7. The third-order valence-corrected chi connectivity index (χ3v) is 3.94. The number of hydrogen-bond acceptors (Lipinski definition) is 5. The Morgan fingerprint density at radius 2 is 1.90 bits per heavy atom. The van der Waals surface area contributed by atoms with Gasteiger partial charge in [0.15, 0.2) is 11.5 Å². The zero-order valence-electron chi connectivity index (χ0n) is 11.7. The van der Waals surface area contributed by atoms with E-state index in [0.717, 1.165) is 12.8 Å². The molecular weight excluding hydrogens is 268 g/mol. The molecule has 110 valence electrons. The summed E-state index contributed by atoms with van der Waals surface area (Å²) in [7, 11) is 0. The minimum Gasteiger partial charge on any atom is -0.505 e. The number of amides is 1. The Bertz CT molecular complexity index is 589. The van der Waals surface area contributed by atoms with Crippen molar-refractivity contribution >= 4 is 17.5 Å². The highest BCUT2D eigenvalue weighted by Gasteiger charge is 2.27. The molecule has 1 aliphatic carbocycles. The lowest BCUT2D eigenvalue weighted by Gasteiger charge is -2.26. The van der Waals surface area contributed by atoms with E-state index in [0.29, 0.717) is 17.3 Å². The smallest absolute Gasteiger partial charge is 0.278 e. The van der Waals surface area contributed by atoms with Gasteiger partial charge in [0, 0.05) is 23.9 Å². The maximum absolute atomic E-state index is 12.2. The number of amidine groups is 1. The van der Waals surface area contributed by atoms with Gasteiger partial charge in [-0.05, 0) is 25.0 Å². The second-order valence-corrected chi connectivity index (χ2v) is 5.36. The normalized spacial score (nSPS) is 22.1. The molecule has 1 aliphatic heterocycles. The molecule has 1 aromatic heterocycles. The molecule has 1 saturated carbocycles. The number of nitrogens with zero attached hydrogens (tertiary/aromatic N) is 2. The van der Waals surface area contributed by atoms with Crippen LogP contribution in [0.2, 0.25) is 0 Å². The van der Waals surface area contributed by atoms with Gasteiger partial charge in [-0.1, -0.05) is 19.3 Å². The van der Waals surface area contributed by atoms with Gasteiger partial charge in [0.25, 0.3) is 5.91 Å². The van der Waals surface area contributed by atoms with Crippen LogP contribution >= 0.6 is 0 Å². The lowest BCUT2D eigenvalue weighted by atomic mass is 9.88. The minimum atomic E-state index is -0.347. The number of carbonyl (C=O) groups is 1. The van der Waals surface area contributed by atoms with E-state index in [9.17, 15) is 9.90 Å². The van der Waals surface area contributed by atoms with Crippen molar-refractivity contribution in [2.24, 2.45) is 11.0 Å². The second-order valence-electron chi connectivity index (χ2n) is 5.36. The first-order valence-electron chi connectivity index (χ1n) is 7.24. The van der Waals surface area contributed by atoms with E-state index in [2.05, 4.69) is 20.8 Å². The van der Waals surface area contributed by atoms with Crippen LogP contribution in [-0.2, 0) is 4.79 Å². The summed E-state index contributed by atoms with van der Waals surface area (Å²) in [5.74, 6) is 0.520. The Morgan fingerprint density at radius 3 is 2.57 bits per heavy atom. The summed E-state index contributed by atoms with van der Waals surface area (Å²) in [6.07, 6.45) is 8.81. The summed E-state index contributed by atoms with van der Waals surface area (Å²) < 4.78 is 0. The number of carbonyl (C=O) groups excluding carboxylic acids is 1. The summed E-state index contributed by atoms with van der Waals surface area (Å²) in [6.45, 7) is 0. The first kappa shape index (κ1) is 13.6. The van der Waals surface area contributed by atoms with Crippen molar-refractivity contribution in [2.45, 2.75) is 32.1 Å². The van der Waals surface area contributed by atoms with Gasteiger partial charge in [-0.2, -0.15) is 5.10 Å². The monoisotopic (exact) mass is 286 g/mol. The fourth-order valence-electron chi connectivity index (χ4n) is 2.76. The van der Waals surface area contributed by atoms with Gasteiger partial charge in [-0.15, -0.1) is 0 Å². The molecule has 0 aromatic carbocycles. The highest BCUT2D eigenvalue weighted by Crippen LogP contribution is 2.25. The van der Waals surface area contributed by atoms with Gasteiger partial charge >= 0.3 is 0 Å². The number of aliphatic hydroxyl groups is 1. The zero-order chi connectivity index (χ0) is 14.7. The molecule has 0 unspecified atom stereocenters. The van der Waals surface area contributed by atoms with Crippen molar-refractivity contribution in [1.29, 1.82) is 0 Å². The highest BCUT2D eigenvalue weighted by molar-refractivity contribution is 6.11. The van der Waals surface area contributed by atoms with Crippen LogP contribution in [0.3, 0.4) is 0 Å². The standard InChI is InChI=1S/C15H18N4O2/c20-13(10-6-8-16-9-7-10)12-15(21)17-14(19-18-12)11-4-2-1-3-5-11/h6-9,11,18,20H,1-5H2,(H,17,19,21)/b13-12-. The molecule has 6 nitrogen and oxygen atoms in total. The van der Waals surface area contributed by atoms with Crippen LogP contribution in [0.25, 0.3) is 5.76 Å². The molecule has 6 heteroatoms. The molecule has 2 heterocycles. The fourth-order valence-corrected chi connectivity index (χ4v) is 2.76. The molecule has 21 heavy (non-hydrogen) atoms. The largest absolute Gasteiger partial charge is 0.505 e. The second kappa shape index (κ2) is 5.95. The summed E-state index contributed by atoms with van der Waals surface area (Å²) in [5, 5.41) is 17.2. The molecule has 3 N–H and O–H groups in total. The van der Waals surface area contributed by atoms with Crippen LogP contribution in [0.15, 0.2) is 35.3 Å². The molecule has 0 bridgehead atoms. The van der Waals surface area contributed by atoms with Crippen molar-refractivity contribution in [2.75, 3.05) is 0 Å². The first-order chi connectivity index (χ1) is 10.3. The van der Waals surface area contributed by atoms with Gasteiger partial charge < -0.3 is 10.4 Å². The maximum Gasteiger partial charge on any atom is 0.278 e. The topological polar surface area (TPSA) is 86.6 Å².